The van der Waals surface area contributed by atoms with Gasteiger partial charge in [0, 0.05) is 18.3 Å². The zero-order valence-corrected chi connectivity index (χ0v) is 12.5. The molecule has 0 aliphatic carbocycles. The molecule has 21 heavy (non-hydrogen) atoms. The second kappa shape index (κ2) is 6.69. The molecule has 0 aliphatic heterocycles. The topological polar surface area (TPSA) is 87.0 Å². The van der Waals surface area contributed by atoms with Crippen molar-refractivity contribution in [3.8, 4) is 0 Å². The minimum Gasteiger partial charge on any atom is -0.327 e. The van der Waals surface area contributed by atoms with Crippen molar-refractivity contribution in [3.05, 3.63) is 56.9 Å². The van der Waals surface area contributed by atoms with Crippen LogP contribution in [0, 0.1) is 10.1 Å². The Labute approximate surface area is 127 Å². The van der Waals surface area contributed by atoms with Crippen LogP contribution in [-0.2, 0) is 13.0 Å². The number of benzene rings is 1. The lowest BCUT2D eigenvalue weighted by molar-refractivity contribution is -0.385. The molecule has 2 rings (SSSR count). The standard InChI is InChI=1S/C14H17ClN4O2/c1-2-11(16)6-10-7-17-18(8-10)9-12-13(15)4-3-5-14(12)19(20)21/h3-5,7-8,11H,2,6,9,16H2,1H3. The van der Waals surface area contributed by atoms with Crippen molar-refractivity contribution >= 4 is 17.3 Å². The molecule has 6 nitrogen and oxygen atoms in total. The van der Waals surface area contributed by atoms with Crippen LogP contribution in [0.2, 0.25) is 5.02 Å². The van der Waals surface area contributed by atoms with Gasteiger partial charge in [-0.3, -0.25) is 14.8 Å². The Balaban J connectivity index is 2.21. The van der Waals surface area contributed by atoms with Crippen molar-refractivity contribution in [2.45, 2.75) is 32.4 Å². The van der Waals surface area contributed by atoms with E-state index in [9.17, 15) is 10.1 Å². The Morgan fingerprint density at radius 3 is 2.95 bits per heavy atom. The second-order valence-corrected chi connectivity index (χ2v) is 5.32. The van der Waals surface area contributed by atoms with Gasteiger partial charge in [-0.25, -0.2) is 0 Å². The van der Waals surface area contributed by atoms with Gasteiger partial charge in [0.25, 0.3) is 5.69 Å². The van der Waals surface area contributed by atoms with Gasteiger partial charge >= 0.3 is 0 Å². The third-order valence-corrected chi connectivity index (χ3v) is 3.67. The van der Waals surface area contributed by atoms with Crippen LogP contribution >= 0.6 is 11.6 Å². The highest BCUT2D eigenvalue weighted by Gasteiger charge is 2.17. The molecule has 2 N–H and O–H groups in total. The van der Waals surface area contributed by atoms with Crippen LogP contribution in [0.15, 0.2) is 30.6 Å². The Bertz CT molecular complexity index is 642. The van der Waals surface area contributed by atoms with E-state index in [1.807, 2.05) is 13.1 Å². The summed E-state index contributed by atoms with van der Waals surface area (Å²) in [4.78, 5) is 10.6. The summed E-state index contributed by atoms with van der Waals surface area (Å²) in [6, 6.07) is 4.75. The maximum Gasteiger partial charge on any atom is 0.275 e. The van der Waals surface area contributed by atoms with Crippen molar-refractivity contribution in [2.75, 3.05) is 0 Å². The highest BCUT2D eigenvalue weighted by molar-refractivity contribution is 6.31. The molecule has 0 fully saturated rings. The van der Waals surface area contributed by atoms with Crippen molar-refractivity contribution in [3.63, 3.8) is 0 Å². The van der Waals surface area contributed by atoms with E-state index in [-0.39, 0.29) is 18.3 Å². The van der Waals surface area contributed by atoms with E-state index in [0.717, 1.165) is 18.4 Å². The summed E-state index contributed by atoms with van der Waals surface area (Å²) in [6.45, 7) is 2.29. The Morgan fingerprint density at radius 2 is 2.29 bits per heavy atom. The SMILES string of the molecule is CCC(N)Cc1cnn(Cc2c(Cl)cccc2[N+](=O)[O-])c1. The number of hydrogen-bond acceptors (Lipinski definition) is 4. The first kappa shape index (κ1) is 15.5. The predicted octanol–water partition coefficient (Wildman–Crippen LogP) is 2.77. The lowest BCUT2D eigenvalue weighted by Gasteiger charge is -2.06. The molecule has 0 aliphatic rings. The van der Waals surface area contributed by atoms with Gasteiger partial charge in [0.15, 0.2) is 0 Å². The van der Waals surface area contributed by atoms with E-state index in [1.54, 1.807) is 23.0 Å². The summed E-state index contributed by atoms with van der Waals surface area (Å²) < 4.78 is 1.64. The fraction of sp³-hybridized carbons (Fsp3) is 0.357. The monoisotopic (exact) mass is 308 g/mol. The minimum absolute atomic E-state index is 0.00445. The Kier molecular flexibility index (Phi) is 4.93. The van der Waals surface area contributed by atoms with E-state index in [1.165, 1.54) is 6.07 Å². The second-order valence-electron chi connectivity index (χ2n) is 4.91. The average molecular weight is 309 g/mol. The molecule has 0 saturated heterocycles. The Morgan fingerprint density at radius 1 is 1.52 bits per heavy atom. The molecule has 0 amide bonds. The molecule has 1 unspecified atom stereocenters. The average Bonchev–Trinajstić information content (AvgIpc) is 2.88. The molecule has 7 heteroatoms. The summed E-state index contributed by atoms with van der Waals surface area (Å²) in [5, 5.41) is 15.6. The van der Waals surface area contributed by atoms with E-state index in [4.69, 9.17) is 17.3 Å². The van der Waals surface area contributed by atoms with Crippen molar-refractivity contribution < 1.29 is 4.92 Å². The van der Waals surface area contributed by atoms with Crippen molar-refractivity contribution in [1.29, 1.82) is 0 Å². The van der Waals surface area contributed by atoms with E-state index >= 15 is 0 Å². The largest absolute Gasteiger partial charge is 0.327 e. The number of nitrogens with zero attached hydrogens (tertiary/aromatic N) is 3. The third-order valence-electron chi connectivity index (χ3n) is 3.32. The lowest BCUT2D eigenvalue weighted by Crippen LogP contribution is -2.21. The first-order valence-corrected chi connectivity index (χ1v) is 7.07. The van der Waals surface area contributed by atoms with Gasteiger partial charge in [-0.15, -0.1) is 0 Å². The number of nitro benzene ring substituents is 1. The van der Waals surface area contributed by atoms with Crippen LogP contribution in [-0.4, -0.2) is 20.7 Å². The summed E-state index contributed by atoms with van der Waals surface area (Å²) in [5.41, 5.74) is 7.38. The number of aromatic nitrogens is 2. The first-order chi connectivity index (χ1) is 10.0. The van der Waals surface area contributed by atoms with Gasteiger partial charge in [0.05, 0.1) is 28.3 Å². The zero-order chi connectivity index (χ0) is 15.4. The summed E-state index contributed by atoms with van der Waals surface area (Å²) in [7, 11) is 0. The van der Waals surface area contributed by atoms with Crippen molar-refractivity contribution in [1.82, 2.24) is 9.78 Å². The quantitative estimate of drug-likeness (QED) is 0.656. The van der Waals surface area contributed by atoms with Crippen LogP contribution in [0.1, 0.15) is 24.5 Å². The molecule has 1 aromatic heterocycles. The summed E-state index contributed by atoms with van der Waals surface area (Å²) in [6.07, 6.45) is 5.21. The summed E-state index contributed by atoms with van der Waals surface area (Å²) in [5.74, 6) is 0. The van der Waals surface area contributed by atoms with Gasteiger partial charge in [-0.2, -0.15) is 5.10 Å². The maximum absolute atomic E-state index is 11.1. The fourth-order valence-electron chi connectivity index (χ4n) is 2.08. The lowest BCUT2D eigenvalue weighted by atomic mass is 10.1. The molecule has 1 atom stereocenters. The van der Waals surface area contributed by atoms with Crippen molar-refractivity contribution in [2.24, 2.45) is 5.73 Å². The Hall–Kier alpha value is -1.92. The molecule has 2 aromatic rings. The molecule has 1 heterocycles. The fourth-order valence-corrected chi connectivity index (χ4v) is 2.31. The van der Waals surface area contributed by atoms with Gasteiger partial charge in [-0.05, 0) is 24.5 Å². The van der Waals surface area contributed by atoms with Gasteiger partial charge in [-0.1, -0.05) is 24.6 Å². The number of rotatable bonds is 6. The highest BCUT2D eigenvalue weighted by atomic mass is 35.5. The normalized spacial score (nSPS) is 12.3. The molecule has 0 spiro atoms. The van der Waals surface area contributed by atoms with Gasteiger partial charge in [0.2, 0.25) is 0 Å². The van der Waals surface area contributed by atoms with Crippen LogP contribution in [0.4, 0.5) is 5.69 Å². The molecule has 0 bridgehead atoms. The molecule has 112 valence electrons. The molecular weight excluding hydrogens is 292 g/mol. The molecular formula is C14H17ClN4O2. The zero-order valence-electron chi connectivity index (χ0n) is 11.7. The van der Waals surface area contributed by atoms with E-state index in [0.29, 0.717) is 10.6 Å². The van der Waals surface area contributed by atoms with Crippen LogP contribution < -0.4 is 5.73 Å². The minimum atomic E-state index is -0.432. The van der Waals surface area contributed by atoms with Gasteiger partial charge < -0.3 is 5.73 Å². The number of halogens is 1. The van der Waals surface area contributed by atoms with Crippen LogP contribution in [0.25, 0.3) is 0 Å². The smallest absolute Gasteiger partial charge is 0.275 e. The number of hydrogen-bond donors (Lipinski definition) is 1. The van der Waals surface area contributed by atoms with Crippen LogP contribution in [0.5, 0.6) is 0 Å². The highest BCUT2D eigenvalue weighted by Crippen LogP contribution is 2.26. The first-order valence-electron chi connectivity index (χ1n) is 6.70. The maximum atomic E-state index is 11.1. The molecule has 0 radical (unpaired) electrons. The third kappa shape index (κ3) is 3.80. The number of nitrogens with two attached hydrogens (primary N) is 1. The summed E-state index contributed by atoms with van der Waals surface area (Å²) >= 11 is 6.07. The molecule has 1 aromatic carbocycles. The van der Waals surface area contributed by atoms with E-state index < -0.39 is 4.92 Å². The molecule has 0 saturated carbocycles. The number of nitro groups is 1. The predicted molar refractivity (Wildman–Crippen MR) is 81.4 cm³/mol. The van der Waals surface area contributed by atoms with E-state index in [2.05, 4.69) is 5.10 Å². The van der Waals surface area contributed by atoms with Gasteiger partial charge in [0.1, 0.15) is 0 Å². The van der Waals surface area contributed by atoms with Crippen LogP contribution in [0.3, 0.4) is 0 Å².